The van der Waals surface area contributed by atoms with Gasteiger partial charge in [-0.1, -0.05) is 17.7 Å². The molecule has 0 unspecified atom stereocenters. The van der Waals surface area contributed by atoms with Crippen molar-refractivity contribution in [2.24, 2.45) is 5.10 Å². The second-order valence-corrected chi connectivity index (χ2v) is 4.87. The van der Waals surface area contributed by atoms with Crippen LogP contribution >= 0.6 is 11.6 Å². The average molecular weight is 385 g/mol. The minimum atomic E-state index is -1.18. The lowest BCUT2D eigenvalue weighted by atomic mass is 10.3. The molecule has 1 aromatic rings. The summed E-state index contributed by atoms with van der Waals surface area (Å²) in [7, 11) is 0. The first-order chi connectivity index (χ1) is 12.4. The van der Waals surface area contributed by atoms with Crippen molar-refractivity contribution < 1.29 is 28.7 Å². The Labute approximate surface area is 153 Å². The van der Waals surface area contributed by atoms with Gasteiger partial charge in [0.2, 0.25) is 5.71 Å². The van der Waals surface area contributed by atoms with Gasteiger partial charge in [0.05, 0.1) is 18.9 Å². The van der Waals surface area contributed by atoms with Crippen LogP contribution in [0.25, 0.3) is 0 Å². The summed E-state index contributed by atoms with van der Waals surface area (Å²) in [6.45, 7) is 3.10. The third-order valence-corrected chi connectivity index (χ3v) is 2.77. The van der Waals surface area contributed by atoms with Crippen molar-refractivity contribution in [2.75, 3.05) is 18.6 Å². The number of imide groups is 2. The number of alkyl carbamates (subject to hydrolysis) is 2. The highest BCUT2D eigenvalue weighted by Crippen LogP contribution is 2.14. The van der Waals surface area contributed by atoms with E-state index in [0.717, 1.165) is 0 Å². The van der Waals surface area contributed by atoms with Crippen LogP contribution in [0.3, 0.4) is 0 Å². The number of rotatable bonds is 6. The van der Waals surface area contributed by atoms with Crippen LogP contribution in [0.4, 0.5) is 15.3 Å². The number of hydrogen-bond acceptors (Lipinski definition) is 8. The molecule has 0 atom stereocenters. The molecule has 0 fully saturated rings. The molecule has 3 N–H and O–H groups in total. The first-order valence-electron chi connectivity index (χ1n) is 7.42. The highest BCUT2D eigenvalue weighted by Gasteiger charge is 2.25. The van der Waals surface area contributed by atoms with Crippen molar-refractivity contribution in [3.8, 4) is 0 Å². The quantitative estimate of drug-likeness (QED) is 0.385. The van der Waals surface area contributed by atoms with Gasteiger partial charge in [-0.3, -0.25) is 25.6 Å². The molecule has 0 saturated carbocycles. The minimum Gasteiger partial charge on any atom is -0.450 e. The number of nitrogens with zero attached hydrogens (tertiary/aromatic N) is 1. The Balaban J connectivity index is 2.97. The molecule has 0 bridgehead atoms. The lowest BCUT2D eigenvalue weighted by Gasteiger charge is -2.08. The second kappa shape index (κ2) is 10.7. The monoisotopic (exact) mass is 384 g/mol. The number of carbonyl (C=O) groups excluding carboxylic acids is 4. The number of benzene rings is 1. The number of nitrogens with one attached hydrogen (secondary N) is 3. The summed E-state index contributed by atoms with van der Waals surface area (Å²) >= 11 is 5.82. The van der Waals surface area contributed by atoms with Gasteiger partial charge in [0.25, 0.3) is 11.8 Å². The standard InChI is InChI=1S/C15H17ClN4O6/c1-3-25-14(23)17-12(21)11(13(22)18-15(24)26-4-2)20-19-10-7-5-6-9(16)8-10/h5-8,19H,3-4H2,1-2H3,(H,17,21,23)(H,18,22,24). The SMILES string of the molecule is CCOC(=O)NC(=O)C(=NNc1cccc(Cl)c1)C(=O)NC(=O)OCC. The Morgan fingerprint density at radius 1 is 1.00 bits per heavy atom. The zero-order chi connectivity index (χ0) is 19.5. The van der Waals surface area contributed by atoms with E-state index in [9.17, 15) is 19.2 Å². The number of hydrogen-bond donors (Lipinski definition) is 3. The molecule has 140 valence electrons. The van der Waals surface area contributed by atoms with Crippen LogP contribution in [0.2, 0.25) is 5.02 Å². The number of amides is 4. The molecule has 0 aliphatic carbocycles. The molecule has 0 saturated heterocycles. The topological polar surface area (TPSA) is 135 Å². The molecule has 0 aliphatic heterocycles. The van der Waals surface area contributed by atoms with Gasteiger partial charge in [-0.05, 0) is 32.0 Å². The second-order valence-electron chi connectivity index (χ2n) is 4.43. The lowest BCUT2D eigenvalue weighted by Crippen LogP contribution is -2.46. The molecule has 0 aliphatic rings. The van der Waals surface area contributed by atoms with Crippen LogP contribution in [0.15, 0.2) is 29.4 Å². The molecule has 0 radical (unpaired) electrons. The van der Waals surface area contributed by atoms with Crippen LogP contribution in [0, 0.1) is 0 Å². The van der Waals surface area contributed by atoms with Crippen molar-refractivity contribution in [3.05, 3.63) is 29.3 Å². The molecule has 11 heteroatoms. The Morgan fingerprint density at radius 2 is 1.54 bits per heavy atom. The molecule has 0 aromatic heterocycles. The summed E-state index contributed by atoms with van der Waals surface area (Å²) in [6, 6.07) is 6.27. The number of hydrazone groups is 1. The number of anilines is 1. The highest BCUT2D eigenvalue weighted by molar-refractivity contribution is 6.66. The molecule has 26 heavy (non-hydrogen) atoms. The van der Waals surface area contributed by atoms with Crippen molar-refractivity contribution in [1.82, 2.24) is 10.6 Å². The fraction of sp³-hybridized carbons (Fsp3) is 0.267. The Bertz CT molecular complexity index is 688. The minimum absolute atomic E-state index is 0.0153. The number of halogens is 1. The first-order valence-corrected chi connectivity index (χ1v) is 7.80. The van der Waals surface area contributed by atoms with Crippen LogP contribution in [-0.2, 0) is 19.1 Å². The molecule has 0 spiro atoms. The van der Waals surface area contributed by atoms with E-state index in [0.29, 0.717) is 10.7 Å². The Kier molecular flexibility index (Phi) is 8.58. The van der Waals surface area contributed by atoms with E-state index >= 15 is 0 Å². The number of ether oxygens (including phenoxy) is 2. The van der Waals surface area contributed by atoms with E-state index in [1.165, 1.54) is 19.9 Å². The third kappa shape index (κ3) is 7.18. The maximum Gasteiger partial charge on any atom is 0.414 e. The van der Waals surface area contributed by atoms with Gasteiger partial charge in [-0.2, -0.15) is 5.10 Å². The predicted molar refractivity (Wildman–Crippen MR) is 92.8 cm³/mol. The normalized spacial score (nSPS) is 9.50. The van der Waals surface area contributed by atoms with Gasteiger partial charge in [0.15, 0.2) is 0 Å². The van der Waals surface area contributed by atoms with E-state index in [1.807, 2.05) is 0 Å². The fourth-order valence-corrected chi connectivity index (χ4v) is 1.71. The maximum atomic E-state index is 12.1. The first kappa shape index (κ1) is 20.9. The zero-order valence-electron chi connectivity index (χ0n) is 14.0. The summed E-state index contributed by atoms with van der Waals surface area (Å²) in [5.41, 5.74) is 2.00. The summed E-state index contributed by atoms with van der Waals surface area (Å²) in [4.78, 5) is 46.9. The molecule has 1 rings (SSSR count). The average Bonchev–Trinajstić information content (AvgIpc) is 2.55. The van der Waals surface area contributed by atoms with Crippen molar-refractivity contribution in [3.63, 3.8) is 0 Å². The van der Waals surface area contributed by atoms with Crippen LogP contribution in [0.5, 0.6) is 0 Å². The molecule has 4 amide bonds. The summed E-state index contributed by atoms with van der Waals surface area (Å²) in [6.07, 6.45) is -2.14. The van der Waals surface area contributed by atoms with E-state index in [1.54, 1.807) is 28.8 Å². The van der Waals surface area contributed by atoms with Crippen LogP contribution in [0.1, 0.15) is 13.8 Å². The third-order valence-electron chi connectivity index (χ3n) is 2.53. The zero-order valence-corrected chi connectivity index (χ0v) is 14.8. The van der Waals surface area contributed by atoms with Crippen LogP contribution in [-0.4, -0.2) is 42.9 Å². The van der Waals surface area contributed by atoms with Gasteiger partial charge in [0.1, 0.15) is 0 Å². The maximum absolute atomic E-state index is 12.1. The molecule has 1 aromatic carbocycles. The summed E-state index contributed by atoms with van der Waals surface area (Å²) in [5.74, 6) is -2.36. The molecular weight excluding hydrogens is 368 g/mol. The van der Waals surface area contributed by atoms with Gasteiger partial charge in [-0.15, -0.1) is 0 Å². The Morgan fingerprint density at radius 3 is 2.00 bits per heavy atom. The van der Waals surface area contributed by atoms with Gasteiger partial charge in [0, 0.05) is 5.02 Å². The van der Waals surface area contributed by atoms with Crippen molar-refractivity contribution in [1.29, 1.82) is 0 Å². The van der Waals surface area contributed by atoms with Gasteiger partial charge < -0.3 is 9.47 Å². The highest BCUT2D eigenvalue weighted by atomic mass is 35.5. The smallest absolute Gasteiger partial charge is 0.414 e. The van der Waals surface area contributed by atoms with Crippen LogP contribution < -0.4 is 16.1 Å². The van der Waals surface area contributed by atoms with E-state index in [-0.39, 0.29) is 13.2 Å². The van der Waals surface area contributed by atoms with Gasteiger partial charge in [-0.25, -0.2) is 9.59 Å². The van der Waals surface area contributed by atoms with Gasteiger partial charge >= 0.3 is 12.2 Å². The molecular formula is C15H17ClN4O6. The predicted octanol–water partition coefficient (Wildman–Crippen LogP) is 1.65. The molecule has 0 heterocycles. The Hall–Kier alpha value is -3.14. The lowest BCUT2D eigenvalue weighted by molar-refractivity contribution is -0.118. The largest absolute Gasteiger partial charge is 0.450 e. The number of carbonyl (C=O) groups is 4. The van der Waals surface area contributed by atoms with E-state index < -0.39 is 29.7 Å². The van der Waals surface area contributed by atoms with E-state index in [4.69, 9.17) is 11.6 Å². The summed E-state index contributed by atoms with van der Waals surface area (Å²) in [5, 5.41) is 7.63. The van der Waals surface area contributed by atoms with Crippen molar-refractivity contribution >= 4 is 47.0 Å². The van der Waals surface area contributed by atoms with E-state index in [2.05, 4.69) is 20.0 Å². The van der Waals surface area contributed by atoms with Crippen molar-refractivity contribution in [2.45, 2.75) is 13.8 Å². The fourth-order valence-electron chi connectivity index (χ4n) is 1.52. The summed E-state index contributed by atoms with van der Waals surface area (Å²) < 4.78 is 9.11. The molecule has 10 nitrogen and oxygen atoms in total.